The van der Waals surface area contributed by atoms with Gasteiger partial charge in [0, 0.05) is 6.92 Å². The number of nitrogens with one attached hydrogen (secondary N) is 1. The summed E-state index contributed by atoms with van der Waals surface area (Å²) in [5, 5.41) is 2.66. The molecule has 10 atom stereocenters. The van der Waals surface area contributed by atoms with Crippen LogP contribution < -0.4 is 5.32 Å². The van der Waals surface area contributed by atoms with Crippen LogP contribution in [-0.2, 0) is 47.4 Å². The van der Waals surface area contributed by atoms with Crippen molar-refractivity contribution in [3.05, 3.63) is 215 Å². The fraction of sp³-hybridized carbons (Fsp3) is 0.232. The van der Waals surface area contributed by atoms with Crippen molar-refractivity contribution in [1.82, 2.24) is 5.32 Å². The summed E-state index contributed by atoms with van der Waals surface area (Å²) in [5.41, 5.74) is -0.965. The van der Waals surface area contributed by atoms with Crippen molar-refractivity contribution in [2.45, 2.75) is 67.5 Å². The molecule has 2 fully saturated rings. The maximum absolute atomic E-state index is 14.3. The van der Waals surface area contributed by atoms with Crippen LogP contribution in [0, 0.1) is 0 Å². The number of rotatable bonds is 17. The summed E-state index contributed by atoms with van der Waals surface area (Å²) in [4.78, 5) is 96.9. The van der Waals surface area contributed by atoms with Gasteiger partial charge in [-0.15, -0.1) is 0 Å². The number of benzene rings is 6. The molecular formula is C56H48ClNO16. The molecule has 18 heteroatoms. The Morgan fingerprint density at radius 3 is 1.08 bits per heavy atom. The van der Waals surface area contributed by atoms with Gasteiger partial charge in [-0.3, -0.25) is 4.79 Å². The molecule has 0 unspecified atom stereocenters. The van der Waals surface area contributed by atoms with Gasteiger partial charge >= 0.3 is 35.8 Å². The molecule has 0 aromatic heterocycles. The molecule has 74 heavy (non-hydrogen) atoms. The summed E-state index contributed by atoms with van der Waals surface area (Å²) in [6, 6.07) is 45.7. The van der Waals surface area contributed by atoms with Crippen LogP contribution in [0.15, 0.2) is 182 Å². The van der Waals surface area contributed by atoms with Crippen LogP contribution in [0.3, 0.4) is 0 Å². The Morgan fingerprint density at radius 1 is 0.405 bits per heavy atom. The van der Waals surface area contributed by atoms with Crippen molar-refractivity contribution in [2.24, 2.45) is 0 Å². The van der Waals surface area contributed by atoms with Gasteiger partial charge in [-0.1, -0.05) is 121 Å². The Bertz CT molecular complexity index is 2860. The maximum atomic E-state index is 14.3. The molecular weight excluding hydrogens is 978 g/mol. The lowest BCUT2D eigenvalue weighted by Gasteiger charge is -2.48. The molecule has 0 saturated carbocycles. The number of alkyl halides is 1. The van der Waals surface area contributed by atoms with Gasteiger partial charge in [0.1, 0.15) is 37.6 Å². The second-order valence-corrected chi connectivity index (χ2v) is 17.2. The summed E-state index contributed by atoms with van der Waals surface area (Å²) < 4.78 is 56.1. The molecule has 2 aliphatic rings. The zero-order chi connectivity index (χ0) is 52.0. The average Bonchev–Trinajstić information content (AvgIpc) is 3.43. The highest BCUT2D eigenvalue weighted by Gasteiger charge is 2.57. The van der Waals surface area contributed by atoms with E-state index in [-0.39, 0.29) is 33.4 Å². The monoisotopic (exact) mass is 1030 g/mol. The van der Waals surface area contributed by atoms with Crippen molar-refractivity contribution in [1.29, 1.82) is 0 Å². The molecule has 2 heterocycles. The normalized spacial score (nSPS) is 23.2. The van der Waals surface area contributed by atoms with E-state index in [0.29, 0.717) is 0 Å². The fourth-order valence-electron chi connectivity index (χ4n) is 8.09. The van der Waals surface area contributed by atoms with Crippen molar-refractivity contribution in [3.63, 3.8) is 0 Å². The van der Waals surface area contributed by atoms with Gasteiger partial charge in [0.15, 0.2) is 36.3 Å². The molecule has 0 spiro atoms. The molecule has 0 aliphatic carbocycles. The third kappa shape index (κ3) is 13.2. The highest BCUT2D eigenvalue weighted by atomic mass is 35.5. The second kappa shape index (κ2) is 24.9. The van der Waals surface area contributed by atoms with Gasteiger partial charge in [-0.2, -0.15) is 0 Å². The van der Waals surface area contributed by atoms with Gasteiger partial charge < -0.3 is 47.9 Å². The van der Waals surface area contributed by atoms with E-state index < -0.39 is 116 Å². The summed E-state index contributed by atoms with van der Waals surface area (Å²) in [6.45, 7) is -0.143. The Morgan fingerprint density at radius 2 is 0.716 bits per heavy atom. The summed E-state index contributed by atoms with van der Waals surface area (Å²) in [6.07, 6.45) is -13.9. The van der Waals surface area contributed by atoms with Crippen LogP contribution >= 0.6 is 11.6 Å². The minimum atomic E-state index is -1.98. The first-order chi connectivity index (χ1) is 35.9. The molecule has 2 saturated heterocycles. The number of amides is 1. The first kappa shape index (κ1) is 52.1. The molecule has 2 aliphatic heterocycles. The average molecular weight is 1030 g/mol. The highest BCUT2D eigenvalue weighted by Crippen LogP contribution is 2.36. The van der Waals surface area contributed by atoms with Crippen LogP contribution in [0.4, 0.5) is 0 Å². The van der Waals surface area contributed by atoms with E-state index in [1.807, 2.05) is 0 Å². The topological polar surface area (TPSA) is 215 Å². The molecule has 8 rings (SSSR count). The number of hydrogen-bond acceptors (Lipinski definition) is 16. The van der Waals surface area contributed by atoms with Gasteiger partial charge in [0.25, 0.3) is 0 Å². The molecule has 6 aromatic carbocycles. The lowest BCUT2D eigenvalue weighted by atomic mass is 9.95. The van der Waals surface area contributed by atoms with E-state index in [2.05, 4.69) is 5.32 Å². The van der Waals surface area contributed by atoms with Crippen molar-refractivity contribution in [2.75, 3.05) is 13.2 Å². The number of esters is 6. The van der Waals surface area contributed by atoms with Crippen LogP contribution in [0.25, 0.3) is 0 Å². The van der Waals surface area contributed by atoms with Crippen LogP contribution in [0.2, 0.25) is 0 Å². The van der Waals surface area contributed by atoms with E-state index in [0.717, 1.165) is 0 Å². The zero-order valence-corrected chi connectivity index (χ0v) is 40.2. The lowest BCUT2D eigenvalue weighted by molar-refractivity contribution is -0.330. The largest absolute Gasteiger partial charge is 0.459 e. The van der Waals surface area contributed by atoms with Gasteiger partial charge in [0.2, 0.25) is 5.91 Å². The first-order valence-corrected chi connectivity index (χ1v) is 23.7. The van der Waals surface area contributed by atoms with E-state index in [4.69, 9.17) is 54.2 Å². The predicted octanol–water partition coefficient (Wildman–Crippen LogP) is 7.18. The van der Waals surface area contributed by atoms with E-state index >= 15 is 0 Å². The standard InChI is InChI=1S/C56H48ClNO16/c1-34(59)58-43-46(71-53(63)38-26-14-5-15-27-38)44(41(68-49(43)57)32-66-50(60)35-20-8-2-9-21-35)74-56-48(73-55(65)40-30-18-7-19-31-40)47(72-54(64)39-28-16-6-17-29-39)45(70-52(62)37-24-12-4-13-25-37)42(69-56)33-67-51(61)36-22-10-3-11-23-36/h2-31,41-49,56H,32-33H2,1H3,(H,58,59)/t41-,42-,43-,44-,45+,46-,47+,48-,49+,56+/m1/s1. The first-order valence-electron chi connectivity index (χ1n) is 23.3. The minimum Gasteiger partial charge on any atom is -0.459 e. The van der Waals surface area contributed by atoms with Crippen LogP contribution in [0.5, 0.6) is 0 Å². The van der Waals surface area contributed by atoms with E-state index in [9.17, 15) is 33.6 Å². The molecule has 1 N–H and O–H groups in total. The maximum Gasteiger partial charge on any atom is 0.338 e. The number of halogens is 1. The van der Waals surface area contributed by atoms with Crippen molar-refractivity contribution >= 4 is 53.3 Å². The van der Waals surface area contributed by atoms with Gasteiger partial charge in [-0.25, -0.2) is 28.8 Å². The van der Waals surface area contributed by atoms with Crippen LogP contribution in [-0.4, -0.2) is 116 Å². The van der Waals surface area contributed by atoms with E-state index in [1.165, 1.54) is 79.7 Å². The quantitative estimate of drug-likeness (QED) is 0.0544. The third-order valence-electron chi connectivity index (χ3n) is 11.7. The molecule has 1 amide bonds. The number of carbonyl (C=O) groups is 7. The summed E-state index contributed by atoms with van der Waals surface area (Å²) in [7, 11) is 0. The van der Waals surface area contributed by atoms with E-state index in [1.54, 1.807) is 109 Å². The molecule has 0 radical (unpaired) electrons. The lowest BCUT2D eigenvalue weighted by Crippen LogP contribution is -2.68. The number of ether oxygens (including phenoxy) is 9. The second-order valence-electron chi connectivity index (χ2n) is 16.8. The van der Waals surface area contributed by atoms with Crippen molar-refractivity contribution in [3.8, 4) is 0 Å². The molecule has 17 nitrogen and oxygen atoms in total. The summed E-state index contributed by atoms with van der Waals surface area (Å²) in [5.74, 6) is -6.06. The predicted molar refractivity (Wildman–Crippen MR) is 262 cm³/mol. The van der Waals surface area contributed by atoms with Gasteiger partial charge in [-0.05, 0) is 72.8 Å². The Kier molecular flexibility index (Phi) is 17.6. The summed E-state index contributed by atoms with van der Waals surface area (Å²) >= 11 is 6.87. The Balaban J connectivity index is 1.26. The number of carbonyl (C=O) groups excluding carboxylic acids is 7. The number of hydrogen-bond donors (Lipinski definition) is 1. The molecule has 6 aromatic rings. The Hall–Kier alpha value is -8.22. The molecule has 0 bridgehead atoms. The SMILES string of the molecule is CC(=O)N[C@@H]1[C@@H](OC(=O)c2ccccc2)[C@H](O[C@@H]2O[C@H](COC(=O)c3ccccc3)[C@H](OC(=O)c3ccccc3)[C@H](OC(=O)c3ccccc3)[C@H]2OC(=O)c2ccccc2)[C@@H](COC(=O)c2ccccc2)O[C@@H]1Cl. The van der Waals surface area contributed by atoms with Crippen molar-refractivity contribution < 1.29 is 76.2 Å². The third-order valence-corrected chi connectivity index (χ3v) is 12.0. The molecule has 380 valence electrons. The Labute approximate surface area is 429 Å². The fourth-order valence-corrected chi connectivity index (χ4v) is 8.43. The smallest absolute Gasteiger partial charge is 0.338 e. The van der Waals surface area contributed by atoms with Gasteiger partial charge in [0.05, 0.1) is 33.4 Å². The highest BCUT2D eigenvalue weighted by molar-refractivity contribution is 6.20. The zero-order valence-electron chi connectivity index (χ0n) is 39.4. The minimum absolute atomic E-state index is 0.0215. The van der Waals surface area contributed by atoms with Crippen LogP contribution in [0.1, 0.15) is 69.1 Å².